The summed E-state index contributed by atoms with van der Waals surface area (Å²) in [6.07, 6.45) is -2.42. The predicted molar refractivity (Wildman–Crippen MR) is 56.9 cm³/mol. The van der Waals surface area contributed by atoms with Crippen LogP contribution in [0.15, 0.2) is 25.0 Å². The van der Waals surface area contributed by atoms with Crippen LogP contribution >= 0.6 is 11.6 Å². The Hall–Kier alpha value is -1.69. The lowest BCUT2D eigenvalue weighted by Gasteiger charge is -2.07. The number of fused-ring (bicyclic) bond motifs is 1. The van der Waals surface area contributed by atoms with E-state index in [9.17, 15) is 13.2 Å². The van der Waals surface area contributed by atoms with Crippen LogP contribution in [0, 0.1) is 0 Å². The average molecular weight is 263 g/mol. The van der Waals surface area contributed by atoms with Crippen LogP contribution in [0.1, 0.15) is 11.3 Å². The van der Waals surface area contributed by atoms with Gasteiger partial charge in [0.2, 0.25) is 0 Å². The van der Waals surface area contributed by atoms with E-state index in [2.05, 4.69) is 11.6 Å². The third kappa shape index (κ3) is 2.08. The number of aromatic nitrogens is 2. The quantitative estimate of drug-likeness (QED) is 0.798. The second kappa shape index (κ2) is 3.66. The Morgan fingerprint density at radius 1 is 1.41 bits per heavy atom. The van der Waals surface area contributed by atoms with Crippen molar-refractivity contribution in [2.24, 2.45) is 0 Å². The summed E-state index contributed by atoms with van der Waals surface area (Å²) in [6.45, 7) is 3.24. The van der Waals surface area contributed by atoms with Crippen LogP contribution in [0.2, 0.25) is 5.02 Å². The van der Waals surface area contributed by atoms with Crippen LogP contribution < -0.4 is 0 Å². The molecule has 0 aliphatic carbocycles. The largest absolute Gasteiger partial charge is 0.506 e. The Kier molecular flexibility index (Phi) is 2.54. The molecule has 7 heteroatoms. The van der Waals surface area contributed by atoms with Crippen LogP contribution in [0.25, 0.3) is 11.4 Å². The van der Waals surface area contributed by atoms with Gasteiger partial charge in [-0.15, -0.1) is 0 Å². The third-order valence-corrected chi connectivity index (χ3v) is 2.41. The first-order chi connectivity index (χ1) is 7.79. The molecule has 2 rings (SSSR count). The van der Waals surface area contributed by atoms with Crippen molar-refractivity contribution in [2.75, 3.05) is 0 Å². The molecule has 0 bridgehead atoms. The number of rotatable bonds is 1. The molecule has 0 radical (unpaired) electrons. The minimum Gasteiger partial charge on any atom is -0.506 e. The number of pyridine rings is 1. The highest BCUT2D eigenvalue weighted by Gasteiger charge is 2.31. The van der Waals surface area contributed by atoms with Crippen LogP contribution in [-0.4, -0.2) is 14.5 Å². The Balaban J connectivity index is 2.69. The fraction of sp³-hybridized carbons (Fsp3) is 0.100. The van der Waals surface area contributed by atoms with Crippen molar-refractivity contribution in [1.82, 2.24) is 9.38 Å². The number of nitrogens with zero attached hydrogens (tertiary/aromatic N) is 2. The van der Waals surface area contributed by atoms with Crippen LogP contribution in [-0.2, 0) is 6.18 Å². The number of hydrogen-bond donors (Lipinski definition) is 1. The highest BCUT2D eigenvalue weighted by molar-refractivity contribution is 6.33. The Morgan fingerprint density at radius 3 is 2.59 bits per heavy atom. The molecule has 17 heavy (non-hydrogen) atoms. The lowest BCUT2D eigenvalue weighted by molar-refractivity contribution is -0.137. The summed E-state index contributed by atoms with van der Waals surface area (Å²) >= 11 is 5.69. The van der Waals surface area contributed by atoms with Crippen molar-refractivity contribution < 1.29 is 18.3 Å². The second-order valence-electron chi connectivity index (χ2n) is 3.38. The summed E-state index contributed by atoms with van der Waals surface area (Å²) in [5, 5.41) is 8.96. The van der Waals surface area contributed by atoms with E-state index < -0.39 is 11.7 Å². The smallest absolute Gasteiger partial charge is 0.417 e. The molecule has 2 aromatic heterocycles. The fourth-order valence-electron chi connectivity index (χ4n) is 1.35. The van der Waals surface area contributed by atoms with E-state index in [1.165, 1.54) is 6.20 Å². The average Bonchev–Trinajstić information content (AvgIpc) is 2.60. The van der Waals surface area contributed by atoms with Gasteiger partial charge in [0.25, 0.3) is 0 Å². The molecule has 0 saturated carbocycles. The lowest BCUT2D eigenvalue weighted by Crippen LogP contribution is -2.06. The molecule has 1 N–H and O–H groups in total. The zero-order valence-corrected chi connectivity index (χ0v) is 9.05. The maximum absolute atomic E-state index is 12.5. The van der Waals surface area contributed by atoms with Crippen molar-refractivity contribution in [3.05, 3.63) is 41.3 Å². The van der Waals surface area contributed by atoms with E-state index in [4.69, 9.17) is 16.7 Å². The summed E-state index contributed by atoms with van der Waals surface area (Å²) in [7, 11) is 0. The van der Waals surface area contributed by atoms with E-state index in [0.717, 1.165) is 16.7 Å². The first-order valence-electron chi connectivity index (χ1n) is 4.43. The maximum Gasteiger partial charge on any atom is 0.417 e. The zero-order chi connectivity index (χ0) is 12.8. The first-order valence-corrected chi connectivity index (χ1v) is 4.80. The normalized spacial score (nSPS) is 12.0. The number of imidazole rings is 1. The number of alkyl halides is 3. The van der Waals surface area contributed by atoms with Crippen LogP contribution in [0.5, 0.6) is 0 Å². The van der Waals surface area contributed by atoms with Crippen LogP contribution in [0.3, 0.4) is 0 Å². The van der Waals surface area contributed by atoms with Gasteiger partial charge in [0, 0.05) is 12.4 Å². The molecule has 0 aliphatic rings. The molecule has 0 aromatic carbocycles. The second-order valence-corrected chi connectivity index (χ2v) is 3.79. The van der Waals surface area contributed by atoms with Gasteiger partial charge in [0.05, 0.1) is 10.6 Å². The molecule has 2 aromatic rings. The number of aliphatic hydroxyl groups excluding tert-OH is 1. The van der Waals surface area contributed by atoms with E-state index in [1.54, 1.807) is 0 Å². The summed E-state index contributed by atoms with van der Waals surface area (Å²) in [5.74, 6) is -0.335. The van der Waals surface area contributed by atoms with Crippen molar-refractivity contribution in [1.29, 1.82) is 0 Å². The molecule has 2 heterocycles. The minimum absolute atomic E-state index is 0.0752. The molecular weight excluding hydrogens is 257 g/mol. The van der Waals surface area contributed by atoms with Crippen LogP contribution in [0.4, 0.5) is 13.2 Å². The van der Waals surface area contributed by atoms with E-state index in [-0.39, 0.29) is 22.1 Å². The van der Waals surface area contributed by atoms with Gasteiger partial charge >= 0.3 is 6.18 Å². The molecule has 0 fully saturated rings. The van der Waals surface area contributed by atoms with Gasteiger partial charge in [-0.05, 0) is 6.07 Å². The number of aliphatic hydroxyl groups is 1. The van der Waals surface area contributed by atoms with Gasteiger partial charge in [-0.25, -0.2) is 4.98 Å². The third-order valence-electron chi connectivity index (χ3n) is 2.13. The Bertz CT molecular complexity index is 603. The SMILES string of the molecule is C=C(O)c1cn2cc(C(F)(F)F)cc(Cl)c2n1. The summed E-state index contributed by atoms with van der Waals surface area (Å²) < 4.78 is 38.6. The zero-order valence-electron chi connectivity index (χ0n) is 8.29. The lowest BCUT2D eigenvalue weighted by atomic mass is 10.3. The number of hydrogen-bond acceptors (Lipinski definition) is 2. The predicted octanol–water partition coefficient (Wildman–Crippen LogP) is 3.54. The fourth-order valence-corrected chi connectivity index (χ4v) is 1.61. The van der Waals surface area contributed by atoms with Crippen molar-refractivity contribution in [3.63, 3.8) is 0 Å². The molecule has 0 spiro atoms. The highest BCUT2D eigenvalue weighted by atomic mass is 35.5. The van der Waals surface area contributed by atoms with Gasteiger partial charge < -0.3 is 9.51 Å². The van der Waals surface area contributed by atoms with Gasteiger partial charge in [-0.3, -0.25) is 0 Å². The topological polar surface area (TPSA) is 37.5 Å². The van der Waals surface area contributed by atoms with E-state index in [1.807, 2.05) is 0 Å². The summed E-state index contributed by atoms with van der Waals surface area (Å²) in [5.41, 5.74) is -0.682. The Morgan fingerprint density at radius 2 is 2.06 bits per heavy atom. The van der Waals surface area contributed by atoms with E-state index in [0.29, 0.717) is 0 Å². The number of halogens is 4. The summed E-state index contributed by atoms with van der Waals surface area (Å²) in [6, 6.07) is 0.786. The molecule has 0 unspecified atom stereocenters. The van der Waals surface area contributed by atoms with Gasteiger partial charge in [0.1, 0.15) is 11.5 Å². The van der Waals surface area contributed by atoms with Crippen molar-refractivity contribution in [3.8, 4) is 0 Å². The Labute approximate surface area is 98.8 Å². The molecule has 0 amide bonds. The molecule has 0 saturated heterocycles. The molecule has 0 atom stereocenters. The monoisotopic (exact) mass is 262 g/mol. The molecular formula is C10H6ClF3N2O. The molecule has 0 aliphatic heterocycles. The van der Waals surface area contributed by atoms with Crippen molar-refractivity contribution >= 4 is 23.0 Å². The van der Waals surface area contributed by atoms with Gasteiger partial charge in [0.15, 0.2) is 5.65 Å². The van der Waals surface area contributed by atoms with Gasteiger partial charge in [-0.2, -0.15) is 13.2 Å². The van der Waals surface area contributed by atoms with Crippen molar-refractivity contribution in [2.45, 2.75) is 6.18 Å². The highest BCUT2D eigenvalue weighted by Crippen LogP contribution is 2.32. The van der Waals surface area contributed by atoms with Gasteiger partial charge in [-0.1, -0.05) is 18.2 Å². The molecule has 90 valence electrons. The summed E-state index contributed by atoms with van der Waals surface area (Å²) in [4.78, 5) is 3.85. The van der Waals surface area contributed by atoms with E-state index >= 15 is 0 Å². The standard InChI is InChI=1S/C10H6ClF3N2O/c1-5(17)8-4-16-3-6(10(12,13)14)2-7(11)9(16)15-8/h2-4,17H,1H2. The maximum atomic E-state index is 12.5. The molecule has 3 nitrogen and oxygen atoms in total. The first kappa shape index (κ1) is 11.8. The minimum atomic E-state index is -4.49.